The molecule has 39 heavy (non-hydrogen) atoms. The van der Waals surface area contributed by atoms with Crippen LogP contribution in [0.4, 0.5) is 10.5 Å². The summed E-state index contributed by atoms with van der Waals surface area (Å²) in [6.45, 7) is 5.40. The number of hydrogen-bond acceptors (Lipinski definition) is 8. The van der Waals surface area contributed by atoms with E-state index >= 15 is 0 Å². The molecule has 210 valence electrons. The molecule has 0 heterocycles. The van der Waals surface area contributed by atoms with Gasteiger partial charge in [0.15, 0.2) is 0 Å². The van der Waals surface area contributed by atoms with Gasteiger partial charge in [-0.05, 0) is 30.4 Å². The van der Waals surface area contributed by atoms with Crippen LogP contribution in [0.3, 0.4) is 0 Å². The molecule has 2 rings (SSSR count). The number of primary amides is 1. The van der Waals surface area contributed by atoms with Gasteiger partial charge in [0, 0.05) is 18.1 Å². The molecule has 0 aliphatic rings. The molecule has 2 aromatic carbocycles. The van der Waals surface area contributed by atoms with Crippen LogP contribution in [-0.2, 0) is 30.5 Å². The van der Waals surface area contributed by atoms with Gasteiger partial charge in [0.05, 0.1) is 18.0 Å². The molecule has 0 unspecified atom stereocenters. The van der Waals surface area contributed by atoms with Crippen LogP contribution in [0.25, 0.3) is 0 Å². The van der Waals surface area contributed by atoms with Crippen molar-refractivity contribution >= 4 is 29.6 Å². The first-order chi connectivity index (χ1) is 18.5. The summed E-state index contributed by atoms with van der Waals surface area (Å²) in [6.07, 6.45) is -0.938. The molecule has 12 heteroatoms. The predicted octanol–water partition coefficient (Wildman–Crippen LogP) is 2.94. The lowest BCUT2D eigenvalue weighted by atomic mass is 9.87. The number of carbonyl (C=O) groups is 4. The van der Waals surface area contributed by atoms with E-state index in [0.29, 0.717) is 5.56 Å². The van der Waals surface area contributed by atoms with Gasteiger partial charge in [-0.1, -0.05) is 56.3 Å². The molecular formula is C27H34N4O8. The number of nitro groups is 1. The second kappa shape index (κ2) is 15.1. The van der Waals surface area contributed by atoms with Crippen molar-refractivity contribution in [2.24, 2.45) is 11.7 Å². The maximum absolute atomic E-state index is 13.3. The average molecular weight is 543 g/mol. The van der Waals surface area contributed by atoms with Crippen molar-refractivity contribution in [3.05, 3.63) is 75.8 Å². The zero-order valence-electron chi connectivity index (χ0n) is 22.1. The molecule has 0 radical (unpaired) electrons. The SMILES string of the molecule is CCOC(=O)C[C@@H](c1ccc([N+](=O)[O-])cc1)[C@@H](NC(=O)[C@H](CC(C)C)NC(=O)OCc1ccccc1)C(N)=O. The van der Waals surface area contributed by atoms with Crippen molar-refractivity contribution in [1.82, 2.24) is 10.6 Å². The number of nitrogens with zero attached hydrogens (tertiary/aromatic N) is 1. The summed E-state index contributed by atoms with van der Waals surface area (Å²) < 4.78 is 10.3. The van der Waals surface area contributed by atoms with Crippen molar-refractivity contribution in [2.75, 3.05) is 6.61 Å². The normalized spacial score (nSPS) is 13.0. The van der Waals surface area contributed by atoms with E-state index in [1.54, 1.807) is 31.2 Å². The zero-order chi connectivity index (χ0) is 28.9. The van der Waals surface area contributed by atoms with E-state index in [2.05, 4.69) is 10.6 Å². The van der Waals surface area contributed by atoms with Gasteiger partial charge in [0.2, 0.25) is 11.8 Å². The first-order valence-corrected chi connectivity index (χ1v) is 12.5. The Morgan fingerprint density at radius 3 is 2.15 bits per heavy atom. The first-order valence-electron chi connectivity index (χ1n) is 12.5. The van der Waals surface area contributed by atoms with Gasteiger partial charge in [-0.25, -0.2) is 4.79 Å². The number of ether oxygens (including phenoxy) is 2. The number of non-ortho nitro benzene ring substituents is 1. The summed E-state index contributed by atoms with van der Waals surface area (Å²) in [7, 11) is 0. The van der Waals surface area contributed by atoms with Crippen molar-refractivity contribution in [3.8, 4) is 0 Å². The van der Waals surface area contributed by atoms with Crippen LogP contribution in [-0.4, -0.2) is 47.5 Å². The van der Waals surface area contributed by atoms with Crippen molar-refractivity contribution < 1.29 is 33.6 Å². The third-order valence-electron chi connectivity index (χ3n) is 5.76. The van der Waals surface area contributed by atoms with Gasteiger partial charge < -0.3 is 25.8 Å². The highest BCUT2D eigenvalue weighted by atomic mass is 16.6. The van der Waals surface area contributed by atoms with Gasteiger partial charge in [-0.2, -0.15) is 0 Å². The summed E-state index contributed by atoms with van der Waals surface area (Å²) in [5, 5.41) is 16.2. The molecule has 4 N–H and O–H groups in total. The predicted molar refractivity (Wildman–Crippen MR) is 141 cm³/mol. The number of nitrogens with one attached hydrogen (secondary N) is 2. The number of nitro benzene ring substituents is 1. The summed E-state index contributed by atoms with van der Waals surface area (Å²) in [6, 6.07) is 11.7. The minimum Gasteiger partial charge on any atom is -0.466 e. The second-order valence-electron chi connectivity index (χ2n) is 9.24. The van der Waals surface area contributed by atoms with Crippen LogP contribution in [0, 0.1) is 16.0 Å². The number of esters is 1. The minimum absolute atomic E-state index is 0.00560. The molecule has 0 aromatic heterocycles. The Kier molecular flexibility index (Phi) is 11.9. The molecule has 0 saturated carbocycles. The fraction of sp³-hybridized carbons (Fsp3) is 0.407. The fourth-order valence-corrected chi connectivity index (χ4v) is 3.90. The van der Waals surface area contributed by atoms with E-state index in [-0.39, 0.29) is 37.7 Å². The van der Waals surface area contributed by atoms with E-state index in [4.69, 9.17) is 15.2 Å². The highest BCUT2D eigenvalue weighted by Crippen LogP contribution is 2.27. The third kappa shape index (κ3) is 10.1. The van der Waals surface area contributed by atoms with Crippen molar-refractivity contribution in [2.45, 2.75) is 58.2 Å². The number of nitrogens with two attached hydrogens (primary N) is 1. The Morgan fingerprint density at radius 1 is 0.974 bits per heavy atom. The Morgan fingerprint density at radius 2 is 1.62 bits per heavy atom. The fourth-order valence-electron chi connectivity index (χ4n) is 3.90. The number of amides is 3. The van der Waals surface area contributed by atoms with Crippen molar-refractivity contribution in [1.29, 1.82) is 0 Å². The lowest BCUT2D eigenvalue weighted by molar-refractivity contribution is -0.384. The van der Waals surface area contributed by atoms with Gasteiger partial charge in [-0.15, -0.1) is 0 Å². The molecule has 3 atom stereocenters. The lowest BCUT2D eigenvalue weighted by Crippen LogP contribution is -2.55. The summed E-state index contributed by atoms with van der Waals surface area (Å²) in [4.78, 5) is 61.1. The molecule has 0 bridgehead atoms. The lowest BCUT2D eigenvalue weighted by Gasteiger charge is -2.28. The average Bonchev–Trinajstić information content (AvgIpc) is 2.89. The largest absolute Gasteiger partial charge is 0.466 e. The van der Waals surface area contributed by atoms with Gasteiger partial charge in [-0.3, -0.25) is 24.5 Å². The smallest absolute Gasteiger partial charge is 0.408 e. The van der Waals surface area contributed by atoms with E-state index in [9.17, 15) is 29.3 Å². The Hall–Kier alpha value is -4.48. The summed E-state index contributed by atoms with van der Waals surface area (Å²) >= 11 is 0. The minimum atomic E-state index is -1.39. The first kappa shape index (κ1) is 30.7. The van der Waals surface area contributed by atoms with Crippen LogP contribution in [0.2, 0.25) is 0 Å². The van der Waals surface area contributed by atoms with Crippen LogP contribution < -0.4 is 16.4 Å². The molecular weight excluding hydrogens is 508 g/mol. The molecule has 0 aliphatic heterocycles. The number of carbonyl (C=O) groups excluding carboxylic acids is 4. The zero-order valence-corrected chi connectivity index (χ0v) is 22.1. The van der Waals surface area contributed by atoms with E-state index in [1.165, 1.54) is 24.3 Å². The maximum atomic E-state index is 13.3. The van der Waals surface area contributed by atoms with Gasteiger partial charge >= 0.3 is 12.1 Å². The number of hydrogen-bond donors (Lipinski definition) is 3. The molecule has 2 aromatic rings. The Labute approximate surface area is 226 Å². The number of alkyl carbamates (subject to hydrolysis) is 1. The molecule has 0 aliphatic carbocycles. The second-order valence-corrected chi connectivity index (χ2v) is 9.24. The molecule has 3 amide bonds. The summed E-state index contributed by atoms with van der Waals surface area (Å²) in [5.74, 6) is -3.31. The Bertz CT molecular complexity index is 1140. The van der Waals surface area contributed by atoms with Crippen molar-refractivity contribution in [3.63, 3.8) is 0 Å². The van der Waals surface area contributed by atoms with E-state index in [1.807, 2.05) is 19.9 Å². The van der Waals surface area contributed by atoms with E-state index < -0.39 is 46.8 Å². The Balaban J connectivity index is 2.25. The maximum Gasteiger partial charge on any atom is 0.408 e. The molecule has 0 saturated heterocycles. The van der Waals surface area contributed by atoms with Crippen LogP contribution >= 0.6 is 0 Å². The van der Waals surface area contributed by atoms with Crippen LogP contribution in [0.5, 0.6) is 0 Å². The van der Waals surface area contributed by atoms with Crippen LogP contribution in [0.15, 0.2) is 54.6 Å². The topological polar surface area (TPSA) is 180 Å². The number of benzene rings is 2. The van der Waals surface area contributed by atoms with Gasteiger partial charge in [0.1, 0.15) is 18.7 Å². The highest BCUT2D eigenvalue weighted by Gasteiger charge is 2.34. The quantitative estimate of drug-likeness (QED) is 0.185. The highest BCUT2D eigenvalue weighted by molar-refractivity contribution is 5.91. The monoisotopic (exact) mass is 542 g/mol. The molecule has 0 spiro atoms. The molecule has 0 fully saturated rings. The number of rotatable bonds is 14. The van der Waals surface area contributed by atoms with E-state index in [0.717, 1.165) is 5.56 Å². The third-order valence-corrected chi connectivity index (χ3v) is 5.76. The molecule has 12 nitrogen and oxygen atoms in total. The standard InChI is InChI=1S/C27H34N4O8/c1-4-38-23(32)15-21(19-10-12-20(13-11-19)31(36)37)24(25(28)33)30-26(34)22(14-17(2)3)29-27(35)39-16-18-8-6-5-7-9-18/h5-13,17,21-22,24H,4,14-16H2,1-3H3,(H2,28,33)(H,29,35)(H,30,34)/t21-,22-,24+/m0/s1. The van der Waals surface area contributed by atoms with Gasteiger partial charge in [0.25, 0.3) is 5.69 Å². The summed E-state index contributed by atoms with van der Waals surface area (Å²) in [5.41, 5.74) is 6.56. The van der Waals surface area contributed by atoms with Crippen LogP contribution in [0.1, 0.15) is 50.7 Å².